The number of nitrogens with one attached hydrogen (secondary N) is 1. The molecular weight excluding hydrogens is 550 g/mol. The van der Waals surface area contributed by atoms with Gasteiger partial charge in [0.1, 0.15) is 0 Å². The van der Waals surface area contributed by atoms with Crippen molar-refractivity contribution in [3.8, 4) is 0 Å². The fourth-order valence-corrected chi connectivity index (χ4v) is 6.71. The molecule has 41 heavy (non-hydrogen) atoms. The lowest BCUT2D eigenvalue weighted by Crippen LogP contribution is -2.42. The van der Waals surface area contributed by atoms with Crippen LogP contribution in [-0.2, 0) is 25.6 Å². The molecule has 0 spiro atoms. The van der Waals surface area contributed by atoms with Crippen molar-refractivity contribution < 1.29 is 39.6 Å². The smallest absolute Gasteiger partial charge is 0.309 e. The summed E-state index contributed by atoms with van der Waals surface area (Å²) in [6.45, 7) is 14.6. The standard InChI is InChI=1S/C11H14ClN.2C10H16O4/c1-8-7-13-5-4-9-2-3-10(12)6-11(8)9;2*1-9(2)6(7(11)12)4-5-10(9,3)8(13)14/h2-3,6,8,13H,4-5,7H2,1H3;2*6H,4-5H2,1-3H3,(H,11,12)(H,13,14)/t8-;2*6-,10+/m011/s1. The van der Waals surface area contributed by atoms with Crippen LogP contribution in [0, 0.1) is 33.5 Å². The lowest BCUT2D eigenvalue weighted by molar-refractivity contribution is -0.159. The molecule has 1 aromatic rings. The Bertz CT molecular complexity index is 1110. The highest BCUT2D eigenvalue weighted by Crippen LogP contribution is 2.57. The maximum Gasteiger partial charge on any atom is 0.309 e. The molecule has 2 aliphatic carbocycles. The molecule has 5 atom stereocenters. The van der Waals surface area contributed by atoms with Gasteiger partial charge >= 0.3 is 23.9 Å². The van der Waals surface area contributed by atoms with Crippen molar-refractivity contribution in [3.05, 3.63) is 34.3 Å². The average Bonchev–Trinajstić information content (AvgIpc) is 3.17. The van der Waals surface area contributed by atoms with Crippen molar-refractivity contribution in [1.29, 1.82) is 0 Å². The third-order valence-electron chi connectivity index (χ3n) is 10.7. The van der Waals surface area contributed by atoms with Gasteiger partial charge in [0.2, 0.25) is 0 Å². The Labute approximate surface area is 247 Å². The van der Waals surface area contributed by atoms with Gasteiger partial charge in [-0.15, -0.1) is 0 Å². The molecule has 1 heterocycles. The molecule has 0 amide bonds. The monoisotopic (exact) mass is 595 g/mol. The van der Waals surface area contributed by atoms with Crippen LogP contribution in [0.25, 0.3) is 0 Å². The summed E-state index contributed by atoms with van der Waals surface area (Å²) in [7, 11) is 0. The Hall–Kier alpha value is -2.65. The van der Waals surface area contributed by atoms with E-state index >= 15 is 0 Å². The largest absolute Gasteiger partial charge is 0.481 e. The molecule has 0 aromatic heterocycles. The minimum absolute atomic E-state index is 0.437. The lowest BCUT2D eigenvalue weighted by Gasteiger charge is -2.36. The predicted molar refractivity (Wildman–Crippen MR) is 156 cm³/mol. The van der Waals surface area contributed by atoms with Crippen molar-refractivity contribution in [3.63, 3.8) is 0 Å². The van der Waals surface area contributed by atoms with Gasteiger partial charge in [0.15, 0.2) is 0 Å². The van der Waals surface area contributed by atoms with Gasteiger partial charge < -0.3 is 25.7 Å². The van der Waals surface area contributed by atoms with Crippen molar-refractivity contribution in [2.45, 2.75) is 86.5 Å². The fraction of sp³-hybridized carbons (Fsp3) is 0.677. The van der Waals surface area contributed by atoms with Crippen molar-refractivity contribution in [2.24, 2.45) is 33.5 Å². The number of carboxylic acids is 4. The van der Waals surface area contributed by atoms with E-state index in [9.17, 15) is 19.2 Å². The number of fused-ring (bicyclic) bond motifs is 1. The van der Waals surface area contributed by atoms with E-state index in [1.165, 1.54) is 11.1 Å². The minimum atomic E-state index is -0.921. The third-order valence-corrected chi connectivity index (χ3v) is 10.9. The van der Waals surface area contributed by atoms with Crippen LogP contribution in [0.2, 0.25) is 5.02 Å². The molecule has 1 aromatic carbocycles. The third kappa shape index (κ3) is 6.72. The second-order valence-corrected chi connectivity index (χ2v) is 13.7. The van der Waals surface area contributed by atoms with Crippen LogP contribution in [0.1, 0.15) is 91.2 Å². The Kier molecular flexibility index (Phi) is 10.7. The molecule has 4 rings (SSSR count). The summed E-state index contributed by atoms with van der Waals surface area (Å²) in [5, 5.41) is 40.4. The van der Waals surface area contributed by atoms with Crippen LogP contribution in [0.15, 0.2) is 18.2 Å². The lowest BCUT2D eigenvalue weighted by atomic mass is 9.66. The first-order valence-electron chi connectivity index (χ1n) is 14.2. The molecule has 5 N–H and O–H groups in total. The molecule has 230 valence electrons. The maximum atomic E-state index is 11.1. The average molecular weight is 596 g/mol. The van der Waals surface area contributed by atoms with Gasteiger partial charge in [-0.05, 0) is 92.5 Å². The number of rotatable bonds is 4. The first kappa shape index (κ1) is 34.6. The van der Waals surface area contributed by atoms with Gasteiger partial charge in [-0.1, -0.05) is 52.3 Å². The first-order valence-corrected chi connectivity index (χ1v) is 14.5. The van der Waals surface area contributed by atoms with E-state index in [-0.39, 0.29) is 0 Å². The van der Waals surface area contributed by atoms with E-state index in [1.807, 2.05) is 6.07 Å². The van der Waals surface area contributed by atoms with Gasteiger partial charge in [-0.2, -0.15) is 0 Å². The second-order valence-electron chi connectivity index (χ2n) is 13.3. The Balaban J connectivity index is 0.000000215. The van der Waals surface area contributed by atoms with Crippen LogP contribution in [0.3, 0.4) is 0 Å². The number of hydrogen-bond donors (Lipinski definition) is 5. The minimum Gasteiger partial charge on any atom is -0.481 e. The van der Waals surface area contributed by atoms with Gasteiger partial charge in [-0.3, -0.25) is 19.2 Å². The summed E-state index contributed by atoms with van der Waals surface area (Å²) in [4.78, 5) is 44.1. The quantitative estimate of drug-likeness (QED) is 0.290. The van der Waals surface area contributed by atoms with E-state index in [0.717, 1.165) is 24.5 Å². The molecule has 0 saturated heterocycles. The molecule has 0 unspecified atom stereocenters. The Morgan fingerprint density at radius 2 is 1.24 bits per heavy atom. The van der Waals surface area contributed by atoms with E-state index in [0.29, 0.717) is 31.6 Å². The zero-order chi connectivity index (χ0) is 31.6. The topological polar surface area (TPSA) is 161 Å². The Morgan fingerprint density at radius 1 is 0.805 bits per heavy atom. The zero-order valence-electron chi connectivity index (χ0n) is 25.2. The highest BCUT2D eigenvalue weighted by molar-refractivity contribution is 6.30. The molecule has 2 saturated carbocycles. The highest BCUT2D eigenvalue weighted by Gasteiger charge is 2.59. The van der Waals surface area contributed by atoms with E-state index < -0.39 is 57.4 Å². The van der Waals surface area contributed by atoms with Crippen molar-refractivity contribution in [2.75, 3.05) is 13.1 Å². The second kappa shape index (κ2) is 12.7. The maximum absolute atomic E-state index is 11.1. The number of carboxylic acid groups (broad SMARTS) is 4. The van der Waals surface area contributed by atoms with Gasteiger partial charge in [0.05, 0.1) is 22.7 Å². The summed E-state index contributed by atoms with van der Waals surface area (Å²) in [5.74, 6) is -4.10. The number of aliphatic carboxylic acids is 4. The van der Waals surface area contributed by atoms with Crippen LogP contribution in [0.5, 0.6) is 0 Å². The molecule has 0 radical (unpaired) electrons. The van der Waals surface area contributed by atoms with Crippen LogP contribution in [0.4, 0.5) is 0 Å². The SMILES string of the molecule is CC1(C)[C@@H](C(=O)O)CC[C@@]1(C)C(=O)O.CC1(C)[C@@H](C(=O)O)CC[C@@]1(C)C(=O)O.C[C@H]1CNCCc2ccc(Cl)cc21. The van der Waals surface area contributed by atoms with Crippen molar-refractivity contribution >= 4 is 35.5 Å². The van der Waals surface area contributed by atoms with Crippen molar-refractivity contribution in [1.82, 2.24) is 5.32 Å². The highest BCUT2D eigenvalue weighted by atomic mass is 35.5. The molecule has 0 bridgehead atoms. The van der Waals surface area contributed by atoms with Gasteiger partial charge in [0, 0.05) is 11.6 Å². The summed E-state index contributed by atoms with van der Waals surface area (Å²) in [6, 6.07) is 6.24. The summed E-state index contributed by atoms with van der Waals surface area (Å²) in [6.07, 6.45) is 2.89. The van der Waals surface area contributed by atoms with E-state index in [1.54, 1.807) is 41.5 Å². The molecule has 2 fully saturated rings. The number of halogens is 1. The molecule has 9 nitrogen and oxygen atoms in total. The summed E-state index contributed by atoms with van der Waals surface area (Å²) in [5.41, 5.74) is -0.360. The zero-order valence-corrected chi connectivity index (χ0v) is 26.0. The normalized spacial score (nSPS) is 31.3. The van der Waals surface area contributed by atoms with E-state index in [4.69, 9.17) is 32.0 Å². The first-order chi connectivity index (χ1) is 18.7. The molecule has 1 aliphatic heterocycles. The number of benzene rings is 1. The van der Waals surface area contributed by atoms with Crippen LogP contribution >= 0.6 is 11.6 Å². The van der Waals surface area contributed by atoms with Crippen LogP contribution < -0.4 is 5.32 Å². The number of carbonyl (C=O) groups is 4. The summed E-state index contributed by atoms with van der Waals surface area (Å²) >= 11 is 5.97. The molecule has 3 aliphatic rings. The van der Waals surface area contributed by atoms with E-state index in [2.05, 4.69) is 24.4 Å². The van der Waals surface area contributed by atoms with Crippen LogP contribution in [-0.4, -0.2) is 57.4 Å². The fourth-order valence-electron chi connectivity index (χ4n) is 6.53. The summed E-state index contributed by atoms with van der Waals surface area (Å²) < 4.78 is 0. The van der Waals surface area contributed by atoms with Gasteiger partial charge in [0.25, 0.3) is 0 Å². The van der Waals surface area contributed by atoms with Gasteiger partial charge in [-0.25, -0.2) is 0 Å². The predicted octanol–water partition coefficient (Wildman–Crippen LogP) is 5.79. The Morgan fingerprint density at radius 3 is 1.59 bits per heavy atom. The molecular formula is C31H46ClNO8. The number of hydrogen-bond acceptors (Lipinski definition) is 5. The molecule has 10 heteroatoms.